The van der Waals surface area contributed by atoms with Crippen LogP contribution in [0.5, 0.6) is 0 Å². The monoisotopic (exact) mass is 225 g/mol. The lowest BCUT2D eigenvalue weighted by Crippen LogP contribution is -2.37. The molecule has 0 saturated carbocycles. The molecule has 10 heteroatoms. The van der Waals surface area contributed by atoms with E-state index >= 15 is 0 Å². The summed E-state index contributed by atoms with van der Waals surface area (Å²) in [4.78, 5) is 19.2. The van der Waals surface area contributed by atoms with E-state index in [1.54, 1.807) is 0 Å². The van der Waals surface area contributed by atoms with E-state index in [4.69, 9.17) is 4.55 Å². The third-order valence-corrected chi connectivity index (χ3v) is 2.73. The molecule has 0 aromatic rings. The second kappa shape index (κ2) is 3.94. The van der Waals surface area contributed by atoms with E-state index in [1.807, 2.05) is 0 Å². The van der Waals surface area contributed by atoms with Gasteiger partial charge in [-0.2, -0.15) is 4.31 Å². The molecule has 0 aromatic heterocycles. The summed E-state index contributed by atoms with van der Waals surface area (Å²) in [6.45, 7) is -0.747. The minimum atomic E-state index is -2.39. The highest BCUT2D eigenvalue weighted by molar-refractivity contribution is 7.76. The molecule has 1 aliphatic rings. The van der Waals surface area contributed by atoms with Crippen LogP contribution in [-0.4, -0.2) is 48.1 Å². The summed E-state index contributed by atoms with van der Waals surface area (Å²) < 4.78 is 19.9. The molecule has 1 saturated heterocycles. The summed E-state index contributed by atoms with van der Waals surface area (Å²) in [6.07, 6.45) is 0. The molecule has 0 aliphatic carbocycles. The molecule has 3 unspecified atom stereocenters. The van der Waals surface area contributed by atoms with Gasteiger partial charge >= 0.3 is 0 Å². The Balaban J connectivity index is 2.80. The van der Waals surface area contributed by atoms with Crippen LogP contribution in [0, 0.1) is 20.2 Å². The molecule has 80 valence electrons. The number of nitro groups is 2. The van der Waals surface area contributed by atoms with Crippen LogP contribution in [0.4, 0.5) is 0 Å². The average molecular weight is 225 g/mol. The Morgan fingerprint density at radius 2 is 1.57 bits per heavy atom. The molecule has 1 N–H and O–H groups in total. The van der Waals surface area contributed by atoms with E-state index < -0.39 is 33.2 Å². The van der Waals surface area contributed by atoms with Gasteiger partial charge in [-0.3, -0.25) is 24.8 Å². The van der Waals surface area contributed by atoms with Gasteiger partial charge in [0.1, 0.15) is 0 Å². The summed E-state index contributed by atoms with van der Waals surface area (Å²) in [5.41, 5.74) is 0. The fourth-order valence-corrected chi connectivity index (χ4v) is 1.84. The minimum absolute atomic E-state index is 0.373. The number of nitrogens with zero attached hydrogens (tertiary/aromatic N) is 3. The van der Waals surface area contributed by atoms with Crippen LogP contribution in [0.3, 0.4) is 0 Å². The highest BCUT2D eigenvalue weighted by Crippen LogP contribution is 2.16. The van der Waals surface area contributed by atoms with Crippen molar-refractivity contribution in [2.24, 2.45) is 0 Å². The average Bonchev–Trinajstić information content (AvgIpc) is 2.47. The molecular formula is C4H7N3O6S. The van der Waals surface area contributed by atoms with E-state index in [1.165, 1.54) is 0 Å². The maximum absolute atomic E-state index is 10.5. The van der Waals surface area contributed by atoms with Crippen molar-refractivity contribution in [1.29, 1.82) is 0 Å². The maximum atomic E-state index is 10.5. The van der Waals surface area contributed by atoms with E-state index in [-0.39, 0.29) is 13.1 Å². The summed E-state index contributed by atoms with van der Waals surface area (Å²) in [6, 6.07) is -2.83. The quantitative estimate of drug-likeness (QED) is 0.362. The Kier molecular flexibility index (Phi) is 3.08. The van der Waals surface area contributed by atoms with Crippen LogP contribution in [0.1, 0.15) is 0 Å². The van der Waals surface area contributed by atoms with Gasteiger partial charge in [-0.15, -0.1) is 0 Å². The number of rotatable bonds is 3. The van der Waals surface area contributed by atoms with E-state index in [9.17, 15) is 24.4 Å². The SMILES string of the molecule is O=[N+]([O-])C1CN(S(=O)O)CC1[N+](=O)[O-]. The van der Waals surface area contributed by atoms with Crippen LogP contribution >= 0.6 is 0 Å². The molecular weight excluding hydrogens is 218 g/mol. The lowest BCUT2D eigenvalue weighted by molar-refractivity contribution is -0.606. The molecule has 0 radical (unpaired) electrons. The Bertz CT molecular complexity index is 273. The van der Waals surface area contributed by atoms with Crippen LogP contribution in [0.15, 0.2) is 0 Å². The van der Waals surface area contributed by atoms with Gasteiger partial charge in [0.25, 0.3) is 12.1 Å². The first-order chi connectivity index (χ1) is 6.43. The van der Waals surface area contributed by atoms with Crippen molar-refractivity contribution < 1.29 is 18.6 Å². The second-order valence-electron chi connectivity index (χ2n) is 2.78. The van der Waals surface area contributed by atoms with Crippen molar-refractivity contribution in [1.82, 2.24) is 4.31 Å². The van der Waals surface area contributed by atoms with E-state index in [0.29, 0.717) is 0 Å². The molecule has 9 nitrogen and oxygen atoms in total. The predicted molar refractivity (Wildman–Crippen MR) is 43.9 cm³/mol. The van der Waals surface area contributed by atoms with Gasteiger partial charge in [0, 0.05) is 9.85 Å². The third kappa shape index (κ3) is 2.02. The Morgan fingerprint density at radius 1 is 1.21 bits per heavy atom. The van der Waals surface area contributed by atoms with Gasteiger partial charge in [0.2, 0.25) is 11.3 Å². The van der Waals surface area contributed by atoms with Crippen molar-refractivity contribution in [3.8, 4) is 0 Å². The molecule has 0 spiro atoms. The van der Waals surface area contributed by atoms with Gasteiger partial charge in [-0.25, -0.2) is 4.21 Å². The zero-order valence-electron chi connectivity index (χ0n) is 6.81. The Labute approximate surface area is 80.4 Å². The smallest absolute Gasteiger partial charge is 0.293 e. The maximum Gasteiger partial charge on any atom is 0.293 e. The normalized spacial score (nSPS) is 30.1. The Morgan fingerprint density at radius 3 is 1.79 bits per heavy atom. The van der Waals surface area contributed by atoms with E-state index in [2.05, 4.69) is 0 Å². The summed E-state index contributed by atoms with van der Waals surface area (Å²) in [5.74, 6) is 0. The van der Waals surface area contributed by atoms with Crippen molar-refractivity contribution >= 4 is 11.3 Å². The molecule has 0 amide bonds. The number of hydrogen-bond acceptors (Lipinski definition) is 5. The van der Waals surface area contributed by atoms with Crippen LogP contribution < -0.4 is 0 Å². The zero-order valence-corrected chi connectivity index (χ0v) is 7.62. The first kappa shape index (κ1) is 10.9. The molecule has 1 fully saturated rings. The second-order valence-corrected chi connectivity index (χ2v) is 3.76. The predicted octanol–water partition coefficient (Wildman–Crippen LogP) is -1.27. The molecule has 14 heavy (non-hydrogen) atoms. The summed E-state index contributed by atoms with van der Waals surface area (Å²) in [7, 11) is 0. The lowest BCUT2D eigenvalue weighted by atomic mass is 10.2. The fraction of sp³-hybridized carbons (Fsp3) is 1.00. The van der Waals surface area contributed by atoms with Crippen molar-refractivity contribution in [3.63, 3.8) is 0 Å². The van der Waals surface area contributed by atoms with Gasteiger partial charge < -0.3 is 0 Å². The van der Waals surface area contributed by atoms with Gasteiger partial charge in [0.15, 0.2) is 0 Å². The van der Waals surface area contributed by atoms with E-state index in [0.717, 1.165) is 4.31 Å². The Hall–Kier alpha value is -1.13. The molecule has 3 atom stereocenters. The molecule has 0 aromatic carbocycles. The van der Waals surface area contributed by atoms with Crippen molar-refractivity contribution in [3.05, 3.63) is 20.2 Å². The van der Waals surface area contributed by atoms with Gasteiger partial charge in [-0.05, 0) is 0 Å². The molecule has 1 aliphatic heterocycles. The minimum Gasteiger partial charge on any atom is -0.294 e. The first-order valence-corrected chi connectivity index (χ1v) is 4.62. The van der Waals surface area contributed by atoms with Crippen LogP contribution in [0.25, 0.3) is 0 Å². The standard InChI is InChI=1S/C4H7N3O6S/c8-6(9)3-1-5(14(12)13)2-4(3)7(10)11/h3-4H,1-2H2,(H,12,13). The van der Waals surface area contributed by atoms with Crippen LogP contribution in [-0.2, 0) is 11.3 Å². The summed E-state index contributed by atoms with van der Waals surface area (Å²) in [5, 5.41) is 20.8. The van der Waals surface area contributed by atoms with Crippen molar-refractivity contribution in [2.45, 2.75) is 12.1 Å². The fourth-order valence-electron chi connectivity index (χ4n) is 1.28. The van der Waals surface area contributed by atoms with Gasteiger partial charge in [-0.1, -0.05) is 0 Å². The third-order valence-electron chi connectivity index (χ3n) is 1.99. The van der Waals surface area contributed by atoms with Crippen LogP contribution in [0.2, 0.25) is 0 Å². The number of hydrogen-bond donors (Lipinski definition) is 1. The topological polar surface area (TPSA) is 127 Å². The highest BCUT2D eigenvalue weighted by atomic mass is 32.2. The molecule has 1 rings (SSSR count). The van der Waals surface area contributed by atoms with Crippen molar-refractivity contribution in [2.75, 3.05) is 13.1 Å². The largest absolute Gasteiger partial charge is 0.294 e. The summed E-state index contributed by atoms with van der Waals surface area (Å²) >= 11 is -2.39. The zero-order chi connectivity index (χ0) is 10.9. The lowest BCUT2D eigenvalue weighted by Gasteiger charge is -2.04. The first-order valence-electron chi connectivity index (χ1n) is 3.56. The molecule has 0 bridgehead atoms. The highest BCUT2D eigenvalue weighted by Gasteiger charge is 2.50. The molecule has 1 heterocycles. The van der Waals surface area contributed by atoms with Gasteiger partial charge in [0.05, 0.1) is 13.1 Å².